The first-order valence-electron chi connectivity index (χ1n) is 5.86. The Hall–Kier alpha value is -0.800. The van der Waals surface area contributed by atoms with Crippen LogP contribution in [0.3, 0.4) is 0 Å². The molecule has 1 aromatic rings. The lowest BCUT2D eigenvalue weighted by Gasteiger charge is -2.31. The largest absolute Gasteiger partial charge is 0.497 e. The molecule has 94 valence electrons. The topological polar surface area (TPSA) is 21.3 Å². The van der Waals surface area contributed by atoms with E-state index in [-0.39, 0.29) is 5.82 Å². The number of methoxy groups -OCH3 is 1. The van der Waals surface area contributed by atoms with Gasteiger partial charge in [0.15, 0.2) is 0 Å². The molecule has 0 aromatic heterocycles. The zero-order valence-corrected chi connectivity index (χ0v) is 10.6. The molecule has 0 atom stereocenters. The lowest BCUT2D eigenvalue weighted by atomic mass is 9.85. The van der Waals surface area contributed by atoms with Gasteiger partial charge in [-0.2, -0.15) is 0 Å². The summed E-state index contributed by atoms with van der Waals surface area (Å²) in [5, 5.41) is 3.61. The summed E-state index contributed by atoms with van der Waals surface area (Å²) < 4.78 is 18.5. The molecule has 2 nitrogen and oxygen atoms in total. The number of rotatable bonds is 5. The normalized spacial score (nSPS) is 23.2. The van der Waals surface area contributed by atoms with Crippen molar-refractivity contribution in [3.8, 4) is 5.75 Å². The Labute approximate surface area is 106 Å². The highest BCUT2D eigenvalue weighted by molar-refractivity contribution is 6.21. The average Bonchev–Trinajstić information content (AvgIpc) is 2.28. The van der Waals surface area contributed by atoms with Crippen molar-refractivity contribution >= 4 is 11.6 Å². The first-order valence-corrected chi connectivity index (χ1v) is 6.30. The van der Waals surface area contributed by atoms with E-state index in [1.807, 2.05) is 0 Å². The van der Waals surface area contributed by atoms with Gasteiger partial charge in [0.05, 0.1) is 7.11 Å². The van der Waals surface area contributed by atoms with Crippen LogP contribution >= 0.6 is 11.6 Å². The average molecular weight is 258 g/mol. The number of benzene rings is 1. The minimum Gasteiger partial charge on any atom is -0.497 e. The van der Waals surface area contributed by atoms with Gasteiger partial charge in [0.1, 0.15) is 11.6 Å². The van der Waals surface area contributed by atoms with Crippen molar-refractivity contribution in [1.82, 2.24) is 5.32 Å². The SMILES string of the molecule is COc1ccc(CNCC2CC(Cl)C2)c(F)c1. The quantitative estimate of drug-likeness (QED) is 0.819. The molecule has 1 aliphatic carbocycles. The third-order valence-corrected chi connectivity index (χ3v) is 3.54. The summed E-state index contributed by atoms with van der Waals surface area (Å²) in [6.07, 6.45) is 2.14. The Balaban J connectivity index is 1.78. The minimum absolute atomic E-state index is 0.222. The summed E-state index contributed by atoms with van der Waals surface area (Å²) >= 11 is 5.90. The third kappa shape index (κ3) is 3.33. The van der Waals surface area contributed by atoms with Gasteiger partial charge in [-0.3, -0.25) is 0 Å². The molecule has 0 spiro atoms. The molecule has 0 bridgehead atoms. The molecule has 1 fully saturated rings. The van der Waals surface area contributed by atoms with Crippen LogP contribution in [0.15, 0.2) is 18.2 Å². The maximum atomic E-state index is 13.6. The van der Waals surface area contributed by atoms with E-state index in [4.69, 9.17) is 16.3 Å². The summed E-state index contributed by atoms with van der Waals surface area (Å²) in [5.41, 5.74) is 0.674. The Kier molecular flexibility index (Phi) is 4.24. The van der Waals surface area contributed by atoms with Crippen LogP contribution in [0.2, 0.25) is 0 Å². The highest BCUT2D eigenvalue weighted by Gasteiger charge is 2.26. The monoisotopic (exact) mass is 257 g/mol. The molecule has 1 aliphatic rings. The summed E-state index contributed by atoms with van der Waals surface area (Å²) in [5.74, 6) is 0.981. The van der Waals surface area contributed by atoms with E-state index in [0.717, 1.165) is 19.4 Å². The molecule has 0 saturated heterocycles. The lowest BCUT2D eigenvalue weighted by molar-refractivity contribution is 0.307. The second kappa shape index (κ2) is 5.69. The van der Waals surface area contributed by atoms with Gasteiger partial charge in [0.2, 0.25) is 0 Å². The number of ether oxygens (including phenoxy) is 1. The second-order valence-electron chi connectivity index (χ2n) is 4.52. The predicted octanol–water partition coefficient (Wildman–Crippen LogP) is 2.94. The zero-order valence-electron chi connectivity index (χ0n) is 9.88. The van der Waals surface area contributed by atoms with Crippen molar-refractivity contribution < 1.29 is 9.13 Å². The Morgan fingerprint density at radius 3 is 2.82 bits per heavy atom. The maximum absolute atomic E-state index is 13.6. The Bertz CT molecular complexity index is 380. The van der Waals surface area contributed by atoms with Gasteiger partial charge in [0, 0.05) is 23.6 Å². The van der Waals surface area contributed by atoms with Crippen molar-refractivity contribution in [2.45, 2.75) is 24.8 Å². The van der Waals surface area contributed by atoms with Gasteiger partial charge in [0.25, 0.3) is 0 Å². The van der Waals surface area contributed by atoms with Crippen LogP contribution in [0.1, 0.15) is 18.4 Å². The molecule has 1 N–H and O–H groups in total. The molecule has 2 rings (SSSR count). The van der Waals surface area contributed by atoms with Crippen molar-refractivity contribution in [3.05, 3.63) is 29.6 Å². The van der Waals surface area contributed by atoms with Gasteiger partial charge in [-0.1, -0.05) is 6.07 Å². The van der Waals surface area contributed by atoms with Gasteiger partial charge < -0.3 is 10.1 Å². The highest BCUT2D eigenvalue weighted by Crippen LogP contribution is 2.31. The van der Waals surface area contributed by atoms with Crippen LogP contribution < -0.4 is 10.1 Å². The first-order chi connectivity index (χ1) is 8.19. The predicted molar refractivity (Wildman–Crippen MR) is 67.0 cm³/mol. The zero-order chi connectivity index (χ0) is 12.3. The van der Waals surface area contributed by atoms with Crippen molar-refractivity contribution in [2.75, 3.05) is 13.7 Å². The van der Waals surface area contributed by atoms with Gasteiger partial charge >= 0.3 is 0 Å². The van der Waals surface area contributed by atoms with E-state index in [0.29, 0.717) is 29.2 Å². The molecule has 1 saturated carbocycles. The molecule has 0 aliphatic heterocycles. The van der Waals surface area contributed by atoms with Crippen molar-refractivity contribution in [1.29, 1.82) is 0 Å². The fourth-order valence-corrected chi connectivity index (χ4v) is 2.53. The van der Waals surface area contributed by atoms with Gasteiger partial charge in [-0.25, -0.2) is 4.39 Å². The van der Waals surface area contributed by atoms with E-state index in [9.17, 15) is 4.39 Å². The number of hydrogen-bond donors (Lipinski definition) is 1. The van der Waals surface area contributed by atoms with Crippen molar-refractivity contribution in [2.24, 2.45) is 5.92 Å². The maximum Gasteiger partial charge on any atom is 0.131 e. The van der Waals surface area contributed by atoms with Crippen LogP contribution in [0.4, 0.5) is 4.39 Å². The Morgan fingerprint density at radius 1 is 1.47 bits per heavy atom. The number of halogens is 2. The summed E-state index contributed by atoms with van der Waals surface area (Å²) in [6, 6.07) is 4.94. The first kappa shape index (κ1) is 12.7. The number of alkyl halides is 1. The van der Waals surface area contributed by atoms with E-state index >= 15 is 0 Å². The summed E-state index contributed by atoms with van der Waals surface area (Å²) in [7, 11) is 1.53. The third-order valence-electron chi connectivity index (χ3n) is 3.19. The highest BCUT2D eigenvalue weighted by atomic mass is 35.5. The number of nitrogens with one attached hydrogen (secondary N) is 1. The lowest BCUT2D eigenvalue weighted by Crippen LogP contribution is -2.33. The summed E-state index contributed by atoms with van der Waals surface area (Å²) in [4.78, 5) is 0. The van der Waals surface area contributed by atoms with E-state index < -0.39 is 0 Å². The van der Waals surface area contributed by atoms with E-state index in [2.05, 4.69) is 5.32 Å². The molecule has 0 heterocycles. The van der Waals surface area contributed by atoms with Crippen LogP contribution in [0, 0.1) is 11.7 Å². The minimum atomic E-state index is -0.222. The van der Waals surface area contributed by atoms with E-state index in [1.165, 1.54) is 13.2 Å². The molecule has 4 heteroatoms. The molecular weight excluding hydrogens is 241 g/mol. The second-order valence-corrected chi connectivity index (χ2v) is 5.14. The molecule has 0 radical (unpaired) electrons. The molecule has 0 amide bonds. The van der Waals surface area contributed by atoms with E-state index in [1.54, 1.807) is 12.1 Å². The smallest absolute Gasteiger partial charge is 0.131 e. The Morgan fingerprint density at radius 2 is 2.24 bits per heavy atom. The standard InChI is InChI=1S/C13H17ClFNO/c1-17-12-3-2-10(13(15)6-12)8-16-7-9-4-11(14)5-9/h2-3,6,9,11,16H,4-5,7-8H2,1H3. The van der Waals surface area contributed by atoms with Gasteiger partial charge in [-0.05, 0) is 31.4 Å². The number of hydrogen-bond acceptors (Lipinski definition) is 2. The molecular formula is C13H17ClFNO. The van der Waals surface area contributed by atoms with Crippen molar-refractivity contribution in [3.63, 3.8) is 0 Å². The van der Waals surface area contributed by atoms with Crippen LogP contribution in [0.5, 0.6) is 5.75 Å². The fraction of sp³-hybridized carbons (Fsp3) is 0.538. The molecule has 17 heavy (non-hydrogen) atoms. The summed E-state index contributed by atoms with van der Waals surface area (Å²) in [6.45, 7) is 1.47. The molecule has 1 aromatic carbocycles. The van der Waals surface area contributed by atoms with Crippen LogP contribution in [-0.4, -0.2) is 19.0 Å². The fourth-order valence-electron chi connectivity index (χ4n) is 2.03. The molecule has 0 unspecified atom stereocenters. The van der Waals surface area contributed by atoms with Gasteiger partial charge in [-0.15, -0.1) is 11.6 Å². The van der Waals surface area contributed by atoms with Crippen LogP contribution in [0.25, 0.3) is 0 Å². The van der Waals surface area contributed by atoms with Crippen LogP contribution in [-0.2, 0) is 6.54 Å².